The predicted molar refractivity (Wildman–Crippen MR) is 84.0 cm³/mol. The van der Waals surface area contributed by atoms with E-state index in [1.54, 1.807) is 6.07 Å². The van der Waals surface area contributed by atoms with E-state index >= 15 is 0 Å². The van der Waals surface area contributed by atoms with E-state index in [0.717, 1.165) is 44.1 Å². The van der Waals surface area contributed by atoms with Crippen LogP contribution in [-0.4, -0.2) is 47.6 Å². The molecule has 20 heavy (non-hydrogen) atoms. The number of rotatable bonds is 5. The molecule has 3 nitrogen and oxygen atoms in total. The van der Waals surface area contributed by atoms with Gasteiger partial charge in [0.15, 0.2) is 0 Å². The van der Waals surface area contributed by atoms with Crippen molar-refractivity contribution in [3.05, 3.63) is 29.8 Å². The quantitative estimate of drug-likeness (QED) is 0.895. The molecule has 0 aliphatic carbocycles. The third-order valence-corrected chi connectivity index (χ3v) is 4.15. The van der Waals surface area contributed by atoms with Gasteiger partial charge < -0.3 is 10.0 Å². The standard InChI is InChI=1S/C17H28N2O/c1-4-16(15-7-5-6-8-17(15)20)19-11-9-18(10-12-19)13-14(2)3/h5-8,14,16,20H,4,9-13H2,1-3H3. The van der Waals surface area contributed by atoms with Crippen LogP contribution >= 0.6 is 0 Å². The van der Waals surface area contributed by atoms with E-state index in [2.05, 4.69) is 36.6 Å². The zero-order valence-electron chi connectivity index (χ0n) is 13.0. The molecular weight excluding hydrogens is 248 g/mol. The average Bonchev–Trinajstić information content (AvgIpc) is 2.43. The molecule has 1 saturated heterocycles. The van der Waals surface area contributed by atoms with Gasteiger partial charge in [-0.05, 0) is 18.4 Å². The van der Waals surface area contributed by atoms with Gasteiger partial charge in [-0.2, -0.15) is 0 Å². The highest BCUT2D eigenvalue weighted by atomic mass is 16.3. The molecule has 0 saturated carbocycles. The number of benzene rings is 1. The van der Waals surface area contributed by atoms with Crippen LogP contribution < -0.4 is 0 Å². The highest BCUT2D eigenvalue weighted by Gasteiger charge is 2.25. The van der Waals surface area contributed by atoms with E-state index < -0.39 is 0 Å². The lowest BCUT2D eigenvalue weighted by Crippen LogP contribution is -2.48. The molecule has 1 unspecified atom stereocenters. The first-order chi connectivity index (χ1) is 9.61. The van der Waals surface area contributed by atoms with Crippen molar-refractivity contribution in [2.45, 2.75) is 33.2 Å². The van der Waals surface area contributed by atoms with Crippen LogP contribution in [0.3, 0.4) is 0 Å². The monoisotopic (exact) mass is 276 g/mol. The molecule has 1 fully saturated rings. The van der Waals surface area contributed by atoms with Gasteiger partial charge in [0.25, 0.3) is 0 Å². The largest absolute Gasteiger partial charge is 0.508 e. The summed E-state index contributed by atoms with van der Waals surface area (Å²) in [5.41, 5.74) is 1.08. The summed E-state index contributed by atoms with van der Waals surface area (Å²) in [6.07, 6.45) is 1.04. The molecule has 1 atom stereocenters. The minimum atomic E-state index is 0.345. The van der Waals surface area contributed by atoms with Gasteiger partial charge in [-0.15, -0.1) is 0 Å². The lowest BCUT2D eigenvalue weighted by atomic mass is 10.0. The molecule has 1 heterocycles. The first kappa shape index (κ1) is 15.3. The van der Waals surface area contributed by atoms with Crippen LogP contribution in [0.25, 0.3) is 0 Å². The maximum Gasteiger partial charge on any atom is 0.120 e. The Labute approximate surface area is 123 Å². The number of nitrogens with zero attached hydrogens (tertiary/aromatic N) is 2. The molecule has 2 rings (SSSR count). The highest BCUT2D eigenvalue weighted by molar-refractivity contribution is 5.34. The Hall–Kier alpha value is -1.06. The molecule has 0 spiro atoms. The van der Waals surface area contributed by atoms with Crippen molar-refractivity contribution in [2.75, 3.05) is 32.7 Å². The van der Waals surface area contributed by atoms with Crippen LogP contribution in [0.4, 0.5) is 0 Å². The number of para-hydroxylation sites is 1. The minimum absolute atomic E-state index is 0.345. The smallest absolute Gasteiger partial charge is 0.120 e. The molecule has 0 bridgehead atoms. The molecule has 1 aromatic rings. The second kappa shape index (κ2) is 7.09. The van der Waals surface area contributed by atoms with Gasteiger partial charge >= 0.3 is 0 Å². The Bertz CT molecular complexity index is 411. The summed E-state index contributed by atoms with van der Waals surface area (Å²) < 4.78 is 0. The van der Waals surface area contributed by atoms with E-state index in [1.807, 2.05) is 12.1 Å². The van der Waals surface area contributed by atoms with E-state index in [-0.39, 0.29) is 0 Å². The van der Waals surface area contributed by atoms with Crippen molar-refractivity contribution in [3.8, 4) is 5.75 Å². The van der Waals surface area contributed by atoms with Crippen LogP contribution in [-0.2, 0) is 0 Å². The molecule has 1 aromatic carbocycles. The Kier molecular flexibility index (Phi) is 5.44. The third kappa shape index (κ3) is 3.74. The minimum Gasteiger partial charge on any atom is -0.508 e. The van der Waals surface area contributed by atoms with Gasteiger partial charge in [0, 0.05) is 44.3 Å². The molecule has 0 radical (unpaired) electrons. The fraction of sp³-hybridized carbons (Fsp3) is 0.647. The maximum atomic E-state index is 10.1. The van der Waals surface area contributed by atoms with Crippen LogP contribution in [0.5, 0.6) is 5.75 Å². The maximum absolute atomic E-state index is 10.1. The van der Waals surface area contributed by atoms with Crippen molar-refractivity contribution in [3.63, 3.8) is 0 Å². The summed E-state index contributed by atoms with van der Waals surface area (Å²) in [5.74, 6) is 1.17. The molecule has 1 aliphatic heterocycles. The van der Waals surface area contributed by atoms with Crippen molar-refractivity contribution < 1.29 is 5.11 Å². The summed E-state index contributed by atoms with van der Waals surface area (Å²) in [7, 11) is 0. The van der Waals surface area contributed by atoms with Gasteiger partial charge in [0.2, 0.25) is 0 Å². The molecule has 0 aromatic heterocycles. The molecule has 3 heteroatoms. The third-order valence-electron chi connectivity index (χ3n) is 4.15. The Morgan fingerprint density at radius 3 is 2.30 bits per heavy atom. The van der Waals surface area contributed by atoms with Gasteiger partial charge in [-0.25, -0.2) is 0 Å². The van der Waals surface area contributed by atoms with Crippen molar-refractivity contribution in [1.29, 1.82) is 0 Å². The van der Waals surface area contributed by atoms with Crippen LogP contribution in [0.15, 0.2) is 24.3 Å². The summed E-state index contributed by atoms with van der Waals surface area (Å²) in [4.78, 5) is 5.07. The number of hydrogen-bond donors (Lipinski definition) is 1. The molecule has 0 amide bonds. The zero-order chi connectivity index (χ0) is 14.5. The summed E-state index contributed by atoms with van der Waals surface area (Å²) in [6.45, 7) is 12.4. The van der Waals surface area contributed by atoms with E-state index in [4.69, 9.17) is 0 Å². The molecule has 1 N–H and O–H groups in total. The first-order valence-corrected chi connectivity index (χ1v) is 7.86. The average molecular weight is 276 g/mol. The molecule has 1 aliphatic rings. The molecule has 112 valence electrons. The predicted octanol–water partition coefficient (Wildman–Crippen LogP) is 3.12. The number of aromatic hydroxyl groups is 1. The first-order valence-electron chi connectivity index (χ1n) is 7.86. The van der Waals surface area contributed by atoms with Crippen LogP contribution in [0.1, 0.15) is 38.8 Å². The van der Waals surface area contributed by atoms with E-state index in [1.165, 1.54) is 6.54 Å². The van der Waals surface area contributed by atoms with E-state index in [0.29, 0.717) is 11.8 Å². The van der Waals surface area contributed by atoms with Crippen molar-refractivity contribution in [1.82, 2.24) is 9.80 Å². The number of hydrogen-bond acceptors (Lipinski definition) is 3. The van der Waals surface area contributed by atoms with Gasteiger partial charge in [-0.3, -0.25) is 4.90 Å². The number of piperazine rings is 1. The number of phenols is 1. The summed E-state index contributed by atoms with van der Waals surface area (Å²) in [5, 5.41) is 10.1. The van der Waals surface area contributed by atoms with Crippen molar-refractivity contribution in [2.24, 2.45) is 5.92 Å². The van der Waals surface area contributed by atoms with E-state index in [9.17, 15) is 5.11 Å². The number of phenolic OH excluding ortho intramolecular Hbond substituents is 1. The zero-order valence-corrected chi connectivity index (χ0v) is 13.0. The van der Waals surface area contributed by atoms with Gasteiger partial charge in [0.1, 0.15) is 5.75 Å². The highest BCUT2D eigenvalue weighted by Crippen LogP contribution is 2.31. The Morgan fingerprint density at radius 2 is 1.75 bits per heavy atom. The summed E-state index contributed by atoms with van der Waals surface area (Å²) in [6, 6.07) is 8.12. The Balaban J connectivity index is 1.99. The van der Waals surface area contributed by atoms with Gasteiger partial charge in [0.05, 0.1) is 0 Å². The summed E-state index contributed by atoms with van der Waals surface area (Å²) >= 11 is 0. The molecular formula is C17H28N2O. The topological polar surface area (TPSA) is 26.7 Å². The van der Waals surface area contributed by atoms with Crippen LogP contribution in [0, 0.1) is 5.92 Å². The fourth-order valence-electron chi connectivity index (χ4n) is 3.22. The van der Waals surface area contributed by atoms with Crippen molar-refractivity contribution >= 4 is 0 Å². The lowest BCUT2D eigenvalue weighted by molar-refractivity contribution is 0.0860. The Morgan fingerprint density at radius 1 is 1.10 bits per heavy atom. The second-order valence-electron chi connectivity index (χ2n) is 6.21. The second-order valence-corrected chi connectivity index (χ2v) is 6.21. The lowest BCUT2D eigenvalue weighted by Gasteiger charge is -2.40. The van der Waals surface area contributed by atoms with Gasteiger partial charge in [-0.1, -0.05) is 39.0 Å². The van der Waals surface area contributed by atoms with Crippen LogP contribution in [0.2, 0.25) is 0 Å². The normalized spacial score (nSPS) is 19.4. The SMILES string of the molecule is CCC(c1ccccc1O)N1CCN(CC(C)C)CC1. The fourth-order valence-corrected chi connectivity index (χ4v) is 3.22.